The van der Waals surface area contributed by atoms with Gasteiger partial charge in [-0.3, -0.25) is 0 Å². The van der Waals surface area contributed by atoms with Gasteiger partial charge in [0.2, 0.25) is 0 Å². The van der Waals surface area contributed by atoms with Crippen LogP contribution in [0.5, 0.6) is 0 Å². The van der Waals surface area contributed by atoms with E-state index in [0.717, 1.165) is 17.8 Å². The van der Waals surface area contributed by atoms with E-state index in [1.165, 1.54) is 25.7 Å². The largest absolute Gasteiger partial charge is 0.0882 e. The van der Waals surface area contributed by atoms with Crippen molar-refractivity contribution in [3.05, 3.63) is 23.8 Å². The quantitative estimate of drug-likeness (QED) is 0.571. The van der Waals surface area contributed by atoms with E-state index in [0.29, 0.717) is 0 Å². The number of fused-ring (bicyclic) bond motifs is 2. The average molecular weight is 176 g/mol. The van der Waals surface area contributed by atoms with E-state index in [1.54, 1.807) is 5.57 Å². The molecule has 2 rings (SSSR count). The Bertz CT molecular complexity index is 234. The molecule has 0 aromatic heterocycles. The van der Waals surface area contributed by atoms with Gasteiger partial charge in [0.1, 0.15) is 0 Å². The minimum Gasteiger partial charge on any atom is -0.0882 e. The van der Waals surface area contributed by atoms with E-state index in [2.05, 4.69) is 32.1 Å². The first-order chi connectivity index (χ1) is 6.31. The molecular formula is C13H20. The highest BCUT2D eigenvalue weighted by Gasteiger charge is 2.36. The highest BCUT2D eigenvalue weighted by Crippen LogP contribution is 2.47. The molecule has 0 amide bonds. The second-order valence-corrected chi connectivity index (χ2v) is 4.62. The molecule has 0 aromatic carbocycles. The Hall–Kier alpha value is -0.520. The normalized spacial score (nSPS) is 37.4. The van der Waals surface area contributed by atoms with Crippen LogP contribution in [0.1, 0.15) is 39.5 Å². The Balaban J connectivity index is 1.92. The van der Waals surface area contributed by atoms with E-state index in [9.17, 15) is 0 Å². The van der Waals surface area contributed by atoms with Gasteiger partial charge in [0.25, 0.3) is 0 Å². The molecule has 0 heteroatoms. The Kier molecular flexibility index (Phi) is 2.57. The van der Waals surface area contributed by atoms with Gasteiger partial charge in [0.05, 0.1) is 0 Å². The van der Waals surface area contributed by atoms with Crippen LogP contribution < -0.4 is 0 Å². The zero-order valence-corrected chi connectivity index (χ0v) is 8.79. The number of unbranched alkanes of at least 4 members (excludes halogenated alkanes) is 1. The zero-order valence-electron chi connectivity index (χ0n) is 8.79. The summed E-state index contributed by atoms with van der Waals surface area (Å²) in [5.41, 5.74) is 1.66. The van der Waals surface area contributed by atoms with Crippen molar-refractivity contribution in [3.8, 4) is 0 Å². The fourth-order valence-electron chi connectivity index (χ4n) is 2.80. The van der Waals surface area contributed by atoms with Crippen molar-refractivity contribution in [1.82, 2.24) is 0 Å². The van der Waals surface area contributed by atoms with Crippen molar-refractivity contribution < 1.29 is 0 Å². The lowest BCUT2D eigenvalue weighted by molar-refractivity contribution is 0.539. The van der Waals surface area contributed by atoms with E-state index < -0.39 is 0 Å². The Morgan fingerprint density at radius 3 is 2.85 bits per heavy atom. The molecule has 3 unspecified atom stereocenters. The van der Waals surface area contributed by atoms with Gasteiger partial charge in [-0.1, -0.05) is 37.1 Å². The van der Waals surface area contributed by atoms with E-state index >= 15 is 0 Å². The van der Waals surface area contributed by atoms with Crippen molar-refractivity contribution in [2.45, 2.75) is 39.5 Å². The molecule has 1 saturated carbocycles. The van der Waals surface area contributed by atoms with Gasteiger partial charge < -0.3 is 0 Å². The maximum absolute atomic E-state index is 2.51. The van der Waals surface area contributed by atoms with Crippen LogP contribution in [0.4, 0.5) is 0 Å². The van der Waals surface area contributed by atoms with Gasteiger partial charge in [-0.15, -0.1) is 0 Å². The molecule has 0 aliphatic heterocycles. The number of allylic oxidation sites excluding steroid dienone is 4. The van der Waals surface area contributed by atoms with E-state index in [4.69, 9.17) is 0 Å². The van der Waals surface area contributed by atoms with Gasteiger partial charge in [-0.25, -0.2) is 0 Å². The summed E-state index contributed by atoms with van der Waals surface area (Å²) < 4.78 is 0. The molecule has 3 atom stereocenters. The van der Waals surface area contributed by atoms with Crippen LogP contribution in [0.3, 0.4) is 0 Å². The van der Waals surface area contributed by atoms with Crippen LogP contribution in [-0.2, 0) is 0 Å². The first kappa shape index (κ1) is 9.05. The molecule has 2 aliphatic rings. The van der Waals surface area contributed by atoms with Crippen LogP contribution in [0.2, 0.25) is 0 Å². The molecular weight excluding hydrogens is 156 g/mol. The molecule has 0 N–H and O–H groups in total. The SMILES string of the molecule is CCCC=CC1CC2CC1C=C2C. The third-order valence-corrected chi connectivity index (χ3v) is 3.62. The highest BCUT2D eigenvalue weighted by molar-refractivity contribution is 5.21. The van der Waals surface area contributed by atoms with Crippen molar-refractivity contribution in [2.75, 3.05) is 0 Å². The van der Waals surface area contributed by atoms with E-state index in [1.807, 2.05) is 0 Å². The first-order valence-electron chi connectivity index (χ1n) is 5.66. The first-order valence-corrected chi connectivity index (χ1v) is 5.66. The predicted octanol–water partition coefficient (Wildman–Crippen LogP) is 3.95. The molecule has 2 aliphatic carbocycles. The lowest BCUT2D eigenvalue weighted by Crippen LogP contribution is -2.05. The van der Waals surface area contributed by atoms with Crippen LogP contribution in [0, 0.1) is 17.8 Å². The van der Waals surface area contributed by atoms with Gasteiger partial charge in [-0.05, 0) is 43.9 Å². The molecule has 0 spiro atoms. The summed E-state index contributed by atoms with van der Waals surface area (Å²) in [6.45, 7) is 4.55. The van der Waals surface area contributed by atoms with Crippen LogP contribution >= 0.6 is 0 Å². The van der Waals surface area contributed by atoms with Crippen molar-refractivity contribution in [2.24, 2.45) is 17.8 Å². The summed E-state index contributed by atoms with van der Waals surface area (Å²) in [6.07, 6.45) is 12.8. The molecule has 0 heterocycles. The number of hydrogen-bond acceptors (Lipinski definition) is 0. The fourth-order valence-corrected chi connectivity index (χ4v) is 2.80. The van der Waals surface area contributed by atoms with Crippen molar-refractivity contribution in [3.63, 3.8) is 0 Å². The summed E-state index contributed by atoms with van der Waals surface area (Å²) >= 11 is 0. The molecule has 1 fully saturated rings. The van der Waals surface area contributed by atoms with Gasteiger partial charge in [-0.2, -0.15) is 0 Å². The fraction of sp³-hybridized carbons (Fsp3) is 0.692. The lowest BCUT2D eigenvalue weighted by atomic mass is 9.90. The average Bonchev–Trinajstić information content (AvgIpc) is 2.63. The Morgan fingerprint density at radius 2 is 2.31 bits per heavy atom. The monoisotopic (exact) mass is 176 g/mol. The van der Waals surface area contributed by atoms with Crippen molar-refractivity contribution in [1.29, 1.82) is 0 Å². The molecule has 2 bridgehead atoms. The molecule has 0 nitrogen and oxygen atoms in total. The molecule has 72 valence electrons. The third kappa shape index (κ3) is 1.72. The maximum Gasteiger partial charge on any atom is -0.0162 e. The standard InChI is InChI=1S/C13H20/c1-3-4-5-6-11-8-12-9-13(11)7-10(12)2/h5-7,11-13H,3-4,8-9H2,1-2H3. The molecule has 0 radical (unpaired) electrons. The second-order valence-electron chi connectivity index (χ2n) is 4.62. The smallest absolute Gasteiger partial charge is 0.0162 e. The summed E-state index contributed by atoms with van der Waals surface area (Å²) in [7, 11) is 0. The van der Waals surface area contributed by atoms with Crippen LogP contribution in [-0.4, -0.2) is 0 Å². The van der Waals surface area contributed by atoms with Gasteiger partial charge >= 0.3 is 0 Å². The summed E-state index contributed by atoms with van der Waals surface area (Å²) in [5, 5.41) is 0. The predicted molar refractivity (Wildman–Crippen MR) is 57.5 cm³/mol. The van der Waals surface area contributed by atoms with Crippen molar-refractivity contribution >= 4 is 0 Å². The third-order valence-electron chi connectivity index (χ3n) is 3.62. The lowest BCUT2D eigenvalue weighted by Gasteiger charge is -2.15. The molecule has 0 aromatic rings. The Morgan fingerprint density at radius 1 is 1.46 bits per heavy atom. The minimum atomic E-state index is 0.875. The summed E-state index contributed by atoms with van der Waals surface area (Å²) in [4.78, 5) is 0. The zero-order chi connectivity index (χ0) is 9.26. The highest BCUT2D eigenvalue weighted by atomic mass is 14.4. The summed E-state index contributed by atoms with van der Waals surface area (Å²) in [6, 6.07) is 0. The van der Waals surface area contributed by atoms with Crippen LogP contribution in [0.25, 0.3) is 0 Å². The summed E-state index contributed by atoms with van der Waals surface area (Å²) in [5.74, 6) is 2.69. The molecule has 0 saturated heterocycles. The minimum absolute atomic E-state index is 0.875. The number of rotatable bonds is 3. The topological polar surface area (TPSA) is 0 Å². The van der Waals surface area contributed by atoms with E-state index in [-0.39, 0.29) is 0 Å². The maximum atomic E-state index is 2.51. The number of hydrogen-bond donors (Lipinski definition) is 0. The second kappa shape index (κ2) is 3.69. The Labute approximate surface area is 81.7 Å². The molecule has 13 heavy (non-hydrogen) atoms. The van der Waals surface area contributed by atoms with Crippen LogP contribution in [0.15, 0.2) is 23.8 Å². The van der Waals surface area contributed by atoms with Gasteiger partial charge in [0.15, 0.2) is 0 Å². The van der Waals surface area contributed by atoms with Gasteiger partial charge in [0, 0.05) is 0 Å².